The lowest BCUT2D eigenvalue weighted by Crippen LogP contribution is -2.00. The molecule has 0 N–H and O–H groups in total. The SMILES string of the molecule is Cc1cc2sc3ccccc3c2n1Cc1ccccc1. The van der Waals surface area contributed by atoms with E-state index >= 15 is 0 Å². The van der Waals surface area contributed by atoms with E-state index in [1.807, 2.05) is 11.3 Å². The van der Waals surface area contributed by atoms with Gasteiger partial charge < -0.3 is 4.57 Å². The summed E-state index contributed by atoms with van der Waals surface area (Å²) in [7, 11) is 0. The quantitative estimate of drug-likeness (QED) is 0.474. The lowest BCUT2D eigenvalue weighted by Gasteiger charge is -2.08. The number of hydrogen-bond acceptors (Lipinski definition) is 1. The minimum Gasteiger partial charge on any atom is -0.339 e. The van der Waals surface area contributed by atoms with Gasteiger partial charge in [0, 0.05) is 22.3 Å². The molecule has 0 aliphatic rings. The molecule has 0 aliphatic heterocycles. The first-order valence-corrected chi connectivity index (χ1v) is 7.66. The standard InChI is InChI=1S/C18H15NS/c1-13-11-17-18(15-9-5-6-10-16(15)20-17)19(13)12-14-7-3-2-4-8-14/h2-11H,12H2,1H3. The smallest absolute Gasteiger partial charge is 0.0675 e. The molecule has 20 heavy (non-hydrogen) atoms. The zero-order valence-corrected chi connectivity index (χ0v) is 12.2. The maximum atomic E-state index is 2.43. The van der Waals surface area contributed by atoms with Crippen LogP contribution in [0.2, 0.25) is 0 Å². The fraction of sp³-hybridized carbons (Fsp3) is 0.111. The highest BCUT2D eigenvalue weighted by Crippen LogP contribution is 2.36. The van der Waals surface area contributed by atoms with Crippen molar-refractivity contribution in [2.24, 2.45) is 0 Å². The van der Waals surface area contributed by atoms with Crippen LogP contribution >= 0.6 is 11.3 Å². The van der Waals surface area contributed by atoms with E-state index in [1.54, 1.807) is 0 Å². The van der Waals surface area contributed by atoms with Gasteiger partial charge in [0.05, 0.1) is 10.2 Å². The number of rotatable bonds is 2. The Morgan fingerprint density at radius 3 is 2.50 bits per heavy atom. The van der Waals surface area contributed by atoms with E-state index in [9.17, 15) is 0 Å². The Balaban J connectivity index is 1.95. The highest BCUT2D eigenvalue weighted by Gasteiger charge is 2.12. The molecule has 98 valence electrons. The Bertz CT molecular complexity index is 884. The van der Waals surface area contributed by atoms with Crippen molar-refractivity contribution in [3.05, 3.63) is 71.9 Å². The summed E-state index contributed by atoms with van der Waals surface area (Å²) in [6.45, 7) is 3.14. The van der Waals surface area contributed by atoms with Crippen molar-refractivity contribution in [3.63, 3.8) is 0 Å². The minimum atomic E-state index is 0.941. The Morgan fingerprint density at radius 2 is 1.65 bits per heavy atom. The molecule has 0 amide bonds. The molecular formula is C18H15NS. The maximum Gasteiger partial charge on any atom is 0.0675 e. The van der Waals surface area contributed by atoms with E-state index < -0.39 is 0 Å². The molecule has 2 heteroatoms. The van der Waals surface area contributed by atoms with Gasteiger partial charge in [0.15, 0.2) is 0 Å². The van der Waals surface area contributed by atoms with E-state index in [2.05, 4.69) is 72.2 Å². The largest absolute Gasteiger partial charge is 0.339 e. The van der Waals surface area contributed by atoms with Gasteiger partial charge >= 0.3 is 0 Å². The first-order valence-electron chi connectivity index (χ1n) is 6.84. The summed E-state index contributed by atoms with van der Waals surface area (Å²) in [6, 6.07) is 21.7. The summed E-state index contributed by atoms with van der Waals surface area (Å²) in [6.07, 6.45) is 0. The number of hydrogen-bond donors (Lipinski definition) is 0. The molecule has 0 atom stereocenters. The Morgan fingerprint density at radius 1 is 0.900 bits per heavy atom. The molecule has 4 rings (SSSR count). The second-order valence-corrected chi connectivity index (χ2v) is 6.25. The van der Waals surface area contributed by atoms with Crippen molar-refractivity contribution in [1.29, 1.82) is 0 Å². The summed E-state index contributed by atoms with van der Waals surface area (Å²) in [5.74, 6) is 0. The van der Waals surface area contributed by atoms with Crippen LogP contribution in [0.3, 0.4) is 0 Å². The fourth-order valence-electron chi connectivity index (χ4n) is 2.84. The molecule has 1 nitrogen and oxygen atoms in total. The summed E-state index contributed by atoms with van der Waals surface area (Å²) < 4.78 is 5.20. The normalized spacial score (nSPS) is 11.4. The number of thiophene rings is 1. The molecule has 0 radical (unpaired) electrons. The highest BCUT2D eigenvalue weighted by atomic mass is 32.1. The van der Waals surface area contributed by atoms with Gasteiger partial charge in [0.2, 0.25) is 0 Å². The average Bonchev–Trinajstić information content (AvgIpc) is 2.97. The summed E-state index contributed by atoms with van der Waals surface area (Å²) in [5.41, 5.74) is 4.07. The van der Waals surface area contributed by atoms with E-state index in [1.165, 1.54) is 31.6 Å². The zero-order chi connectivity index (χ0) is 13.5. The number of aromatic nitrogens is 1. The van der Waals surface area contributed by atoms with Crippen LogP contribution in [0.5, 0.6) is 0 Å². The van der Waals surface area contributed by atoms with Crippen LogP contribution in [-0.4, -0.2) is 4.57 Å². The molecule has 0 saturated carbocycles. The maximum absolute atomic E-state index is 2.43. The van der Waals surface area contributed by atoms with Crippen LogP contribution in [0.4, 0.5) is 0 Å². The predicted molar refractivity (Wildman–Crippen MR) is 87.6 cm³/mol. The van der Waals surface area contributed by atoms with Gasteiger partial charge in [0.1, 0.15) is 0 Å². The first kappa shape index (κ1) is 11.7. The predicted octanol–water partition coefficient (Wildman–Crippen LogP) is 5.21. The van der Waals surface area contributed by atoms with Crippen molar-refractivity contribution < 1.29 is 0 Å². The van der Waals surface area contributed by atoms with Crippen molar-refractivity contribution in [2.45, 2.75) is 13.5 Å². The first-order chi connectivity index (χ1) is 9.83. The summed E-state index contributed by atoms with van der Waals surface area (Å²) >= 11 is 1.89. The molecule has 0 aliphatic carbocycles. The van der Waals surface area contributed by atoms with Gasteiger partial charge in [-0.25, -0.2) is 0 Å². The van der Waals surface area contributed by atoms with Gasteiger partial charge in [-0.1, -0.05) is 48.5 Å². The van der Waals surface area contributed by atoms with E-state index in [-0.39, 0.29) is 0 Å². The summed E-state index contributed by atoms with van der Waals surface area (Å²) in [5, 5.41) is 1.37. The van der Waals surface area contributed by atoms with Crippen LogP contribution in [0.25, 0.3) is 20.3 Å². The molecule has 0 fully saturated rings. The van der Waals surface area contributed by atoms with Gasteiger partial charge in [-0.2, -0.15) is 0 Å². The van der Waals surface area contributed by atoms with Crippen molar-refractivity contribution in [2.75, 3.05) is 0 Å². The van der Waals surface area contributed by atoms with Gasteiger partial charge in [-0.05, 0) is 24.6 Å². The molecule has 2 aromatic carbocycles. The van der Waals surface area contributed by atoms with Crippen LogP contribution < -0.4 is 0 Å². The average molecular weight is 277 g/mol. The molecular weight excluding hydrogens is 262 g/mol. The number of benzene rings is 2. The Labute approximate surface area is 122 Å². The van der Waals surface area contributed by atoms with Crippen molar-refractivity contribution in [1.82, 2.24) is 4.57 Å². The lowest BCUT2D eigenvalue weighted by molar-refractivity contribution is 0.807. The van der Waals surface area contributed by atoms with E-state index in [4.69, 9.17) is 0 Å². The second-order valence-electron chi connectivity index (χ2n) is 5.17. The number of nitrogens with zero attached hydrogens (tertiary/aromatic N) is 1. The van der Waals surface area contributed by atoms with Gasteiger partial charge in [-0.15, -0.1) is 11.3 Å². The van der Waals surface area contributed by atoms with Crippen LogP contribution in [0.1, 0.15) is 11.3 Å². The van der Waals surface area contributed by atoms with Crippen LogP contribution in [0, 0.1) is 6.92 Å². The topological polar surface area (TPSA) is 4.93 Å². The van der Waals surface area contributed by atoms with Gasteiger partial charge in [-0.3, -0.25) is 0 Å². The minimum absolute atomic E-state index is 0.941. The van der Waals surface area contributed by atoms with E-state index in [0.29, 0.717) is 0 Å². The summed E-state index contributed by atoms with van der Waals surface area (Å²) in [4.78, 5) is 0. The van der Waals surface area contributed by atoms with E-state index in [0.717, 1.165) is 6.54 Å². The molecule has 2 heterocycles. The Kier molecular flexibility index (Phi) is 2.64. The van der Waals surface area contributed by atoms with Crippen LogP contribution in [0.15, 0.2) is 60.7 Å². The molecule has 4 aromatic rings. The molecule has 0 bridgehead atoms. The third kappa shape index (κ3) is 1.76. The molecule has 2 aromatic heterocycles. The monoisotopic (exact) mass is 277 g/mol. The number of fused-ring (bicyclic) bond motifs is 3. The second kappa shape index (κ2) is 4.50. The third-order valence-electron chi connectivity index (χ3n) is 3.81. The lowest BCUT2D eigenvalue weighted by atomic mass is 10.2. The number of aryl methyl sites for hydroxylation is 1. The van der Waals surface area contributed by atoms with Crippen molar-refractivity contribution in [3.8, 4) is 0 Å². The fourth-order valence-corrected chi connectivity index (χ4v) is 4.05. The Hall–Kier alpha value is -2.06. The third-order valence-corrected chi connectivity index (χ3v) is 4.92. The highest BCUT2D eigenvalue weighted by molar-refractivity contribution is 7.25. The van der Waals surface area contributed by atoms with Crippen LogP contribution in [-0.2, 0) is 6.54 Å². The van der Waals surface area contributed by atoms with Crippen molar-refractivity contribution >= 4 is 31.6 Å². The molecule has 0 spiro atoms. The molecule has 0 unspecified atom stereocenters. The van der Waals surface area contributed by atoms with Gasteiger partial charge in [0.25, 0.3) is 0 Å². The molecule has 0 saturated heterocycles. The zero-order valence-electron chi connectivity index (χ0n) is 11.3.